The summed E-state index contributed by atoms with van der Waals surface area (Å²) in [6, 6.07) is 12.8. The average Bonchev–Trinajstić information content (AvgIpc) is 2.81. The summed E-state index contributed by atoms with van der Waals surface area (Å²) in [6.07, 6.45) is 0.687. The van der Waals surface area contributed by atoms with Crippen molar-refractivity contribution >= 4 is 11.9 Å². The molecule has 1 heterocycles. The molecule has 3 aromatic rings. The van der Waals surface area contributed by atoms with Crippen molar-refractivity contribution in [2.75, 3.05) is 7.11 Å². The predicted octanol–water partition coefficient (Wildman–Crippen LogP) is 4.43. The maximum atomic E-state index is 13.8. The maximum Gasteiger partial charge on any atom is 0.328 e. The van der Waals surface area contributed by atoms with E-state index in [0.717, 1.165) is 22.3 Å². The summed E-state index contributed by atoms with van der Waals surface area (Å²) in [5.41, 5.74) is 3.29. The number of carbonyl (C=O) groups is 2. The van der Waals surface area contributed by atoms with Gasteiger partial charge in [-0.2, -0.15) is 0 Å². The van der Waals surface area contributed by atoms with Gasteiger partial charge in [-0.3, -0.25) is 4.79 Å². The van der Waals surface area contributed by atoms with Crippen molar-refractivity contribution in [3.63, 3.8) is 0 Å². The van der Waals surface area contributed by atoms with Crippen LogP contribution >= 0.6 is 0 Å². The Morgan fingerprint density at radius 1 is 1.06 bits per heavy atom. The molecule has 0 bridgehead atoms. The highest BCUT2D eigenvalue weighted by Gasteiger charge is 2.29. The lowest BCUT2D eigenvalue weighted by Gasteiger charge is -2.28. The second-order valence-electron chi connectivity index (χ2n) is 8.44. The molecule has 0 fully saturated rings. The van der Waals surface area contributed by atoms with Crippen LogP contribution in [-0.4, -0.2) is 41.2 Å². The summed E-state index contributed by atoms with van der Waals surface area (Å²) < 4.78 is 24.5. The minimum atomic E-state index is -1.02. The number of hydrogen-bond donors (Lipinski definition) is 2. The molecule has 0 saturated heterocycles. The topological polar surface area (TPSA) is 97.8 Å². The van der Waals surface area contributed by atoms with E-state index >= 15 is 0 Å². The molecule has 0 radical (unpaired) electrons. The minimum Gasteiger partial charge on any atom is -0.503 e. The van der Waals surface area contributed by atoms with E-state index in [1.165, 1.54) is 38.4 Å². The Morgan fingerprint density at radius 3 is 2.37 bits per heavy atom. The van der Waals surface area contributed by atoms with Crippen LogP contribution in [0, 0.1) is 19.7 Å². The van der Waals surface area contributed by atoms with Gasteiger partial charge in [0.25, 0.3) is 5.91 Å². The van der Waals surface area contributed by atoms with Gasteiger partial charge in [-0.05, 0) is 56.5 Å². The first-order chi connectivity index (χ1) is 16.6. The van der Waals surface area contributed by atoms with Crippen LogP contribution in [0.15, 0.2) is 54.7 Å². The van der Waals surface area contributed by atoms with Crippen molar-refractivity contribution in [2.45, 2.75) is 45.8 Å². The number of halogens is 1. The van der Waals surface area contributed by atoms with Crippen molar-refractivity contribution in [3.05, 3.63) is 88.5 Å². The van der Waals surface area contributed by atoms with Crippen LogP contribution in [0.25, 0.3) is 0 Å². The van der Waals surface area contributed by atoms with E-state index in [9.17, 15) is 19.1 Å². The number of aromatic nitrogens is 1. The number of amides is 1. The number of benzene rings is 2. The van der Waals surface area contributed by atoms with Crippen LogP contribution in [0.1, 0.15) is 52.5 Å². The Kier molecular flexibility index (Phi) is 8.06. The van der Waals surface area contributed by atoms with Crippen LogP contribution in [-0.2, 0) is 9.53 Å². The highest BCUT2D eigenvalue weighted by molar-refractivity contribution is 5.97. The highest BCUT2D eigenvalue weighted by atomic mass is 19.1. The summed E-state index contributed by atoms with van der Waals surface area (Å²) in [5, 5.41) is 12.7. The van der Waals surface area contributed by atoms with Gasteiger partial charge in [0.05, 0.1) is 7.11 Å². The van der Waals surface area contributed by atoms with Crippen LogP contribution < -0.4 is 10.1 Å². The molecule has 0 aliphatic carbocycles. The molecule has 1 aromatic heterocycles. The quantitative estimate of drug-likeness (QED) is 0.463. The molecular formula is C27H29FN2O5. The van der Waals surface area contributed by atoms with E-state index < -0.39 is 29.8 Å². The Bertz CT molecular complexity index is 1210. The van der Waals surface area contributed by atoms with Gasteiger partial charge in [-0.1, -0.05) is 35.9 Å². The molecule has 0 saturated carbocycles. The van der Waals surface area contributed by atoms with E-state index in [2.05, 4.69) is 10.3 Å². The molecule has 3 rings (SSSR count). The summed E-state index contributed by atoms with van der Waals surface area (Å²) >= 11 is 0. The molecule has 0 aliphatic rings. The van der Waals surface area contributed by atoms with Crippen molar-refractivity contribution in [1.82, 2.24) is 10.3 Å². The van der Waals surface area contributed by atoms with Gasteiger partial charge in [-0.25, -0.2) is 14.2 Å². The van der Waals surface area contributed by atoms with Crippen molar-refractivity contribution in [1.29, 1.82) is 0 Å². The minimum absolute atomic E-state index is 0.0876. The smallest absolute Gasteiger partial charge is 0.328 e. The number of ether oxygens (including phenoxy) is 2. The average molecular weight is 481 g/mol. The molecule has 0 aliphatic heterocycles. The Morgan fingerprint density at radius 2 is 1.74 bits per heavy atom. The second kappa shape index (κ2) is 11.0. The highest BCUT2D eigenvalue weighted by Crippen LogP contribution is 2.33. The van der Waals surface area contributed by atoms with E-state index in [1.807, 2.05) is 38.1 Å². The maximum absolute atomic E-state index is 13.8. The number of aromatic hydroxyl groups is 1. The van der Waals surface area contributed by atoms with Gasteiger partial charge in [0.2, 0.25) is 0 Å². The van der Waals surface area contributed by atoms with Gasteiger partial charge in [-0.15, -0.1) is 0 Å². The summed E-state index contributed by atoms with van der Waals surface area (Å²) in [6.45, 7) is 7.03. The zero-order valence-corrected chi connectivity index (χ0v) is 20.3. The van der Waals surface area contributed by atoms with Crippen molar-refractivity contribution in [2.24, 2.45) is 0 Å². The third-order valence-electron chi connectivity index (χ3n) is 5.80. The van der Waals surface area contributed by atoms with E-state index in [-0.39, 0.29) is 23.2 Å². The number of methoxy groups -OCH3 is 1. The fourth-order valence-corrected chi connectivity index (χ4v) is 3.91. The molecule has 1 amide bonds. The normalized spacial score (nSPS) is 13.4. The molecule has 2 N–H and O–H groups in total. The summed E-state index contributed by atoms with van der Waals surface area (Å²) in [4.78, 5) is 29.3. The van der Waals surface area contributed by atoms with Crippen LogP contribution in [0.3, 0.4) is 0 Å². The molecule has 2 aromatic carbocycles. The number of aryl methyl sites for hydroxylation is 2. The first kappa shape index (κ1) is 25.7. The van der Waals surface area contributed by atoms with Crippen LogP contribution in [0.2, 0.25) is 0 Å². The number of nitrogens with one attached hydrogen (secondary N) is 1. The van der Waals surface area contributed by atoms with Crippen LogP contribution in [0.4, 0.5) is 4.39 Å². The monoisotopic (exact) mass is 480 g/mol. The fraction of sp³-hybridized carbons (Fsp3) is 0.296. The first-order valence-electron chi connectivity index (χ1n) is 11.2. The number of pyridine rings is 1. The van der Waals surface area contributed by atoms with Crippen LogP contribution in [0.5, 0.6) is 11.5 Å². The number of carbonyl (C=O) groups excluding carboxylic acids is 2. The summed E-state index contributed by atoms with van der Waals surface area (Å²) in [5.74, 6) is -2.44. The lowest BCUT2D eigenvalue weighted by Crippen LogP contribution is -2.41. The van der Waals surface area contributed by atoms with Crippen molar-refractivity contribution in [3.8, 4) is 11.5 Å². The van der Waals surface area contributed by atoms with Gasteiger partial charge in [0, 0.05) is 18.2 Å². The van der Waals surface area contributed by atoms with Gasteiger partial charge in [0.1, 0.15) is 18.0 Å². The SMILES string of the molecule is COc1ccnc(C(=O)N[C@@H](C)C(=O)O[C@@H](C)[C@@H](c2ccc(C)cc2)c2ccc(F)cc2C)c1O. The third-order valence-corrected chi connectivity index (χ3v) is 5.80. The van der Waals surface area contributed by atoms with E-state index in [1.54, 1.807) is 13.0 Å². The molecule has 184 valence electrons. The number of esters is 1. The number of rotatable bonds is 8. The lowest BCUT2D eigenvalue weighted by molar-refractivity contribution is -0.150. The zero-order chi connectivity index (χ0) is 25.7. The molecule has 3 atom stereocenters. The fourth-order valence-electron chi connectivity index (χ4n) is 3.91. The lowest BCUT2D eigenvalue weighted by atomic mass is 9.84. The standard InChI is InChI=1S/C27H29FN2O5/c1-15-6-8-19(9-7-15)23(21-11-10-20(28)14-16(21)2)18(4)35-27(33)17(3)30-26(32)24-25(31)22(34-5)12-13-29-24/h6-14,17-18,23,31H,1-5H3,(H,30,32)/t17-,18-,23-/m0/s1. The molecule has 0 unspecified atom stereocenters. The largest absolute Gasteiger partial charge is 0.503 e. The van der Waals surface area contributed by atoms with Crippen molar-refractivity contribution < 1.29 is 28.6 Å². The third kappa shape index (κ3) is 5.95. The Balaban J connectivity index is 1.80. The number of hydrogen-bond acceptors (Lipinski definition) is 6. The second-order valence-corrected chi connectivity index (χ2v) is 8.44. The van der Waals surface area contributed by atoms with Gasteiger partial charge >= 0.3 is 5.97 Å². The van der Waals surface area contributed by atoms with E-state index in [0.29, 0.717) is 0 Å². The first-order valence-corrected chi connectivity index (χ1v) is 11.2. The summed E-state index contributed by atoms with van der Waals surface area (Å²) in [7, 11) is 1.35. The Hall–Kier alpha value is -3.94. The zero-order valence-electron chi connectivity index (χ0n) is 20.3. The number of nitrogens with zero attached hydrogens (tertiary/aromatic N) is 1. The molecule has 8 heteroatoms. The predicted molar refractivity (Wildman–Crippen MR) is 129 cm³/mol. The Labute approximate surface area is 203 Å². The molecule has 0 spiro atoms. The molecule has 7 nitrogen and oxygen atoms in total. The molecule has 35 heavy (non-hydrogen) atoms. The van der Waals surface area contributed by atoms with E-state index in [4.69, 9.17) is 9.47 Å². The van der Waals surface area contributed by atoms with Gasteiger partial charge in [0.15, 0.2) is 17.2 Å². The molecular weight excluding hydrogens is 451 g/mol. The van der Waals surface area contributed by atoms with Gasteiger partial charge < -0.3 is 19.9 Å².